The Morgan fingerprint density at radius 2 is 1.72 bits per heavy atom. The van der Waals surface area contributed by atoms with Crippen molar-refractivity contribution in [2.75, 3.05) is 20.8 Å². The minimum Gasteiger partial charge on any atom is -0.497 e. The number of rotatable bonds is 7. The van der Waals surface area contributed by atoms with Crippen LogP contribution in [0.3, 0.4) is 0 Å². The summed E-state index contributed by atoms with van der Waals surface area (Å²) in [5, 5.41) is 1.00. The first-order valence-corrected chi connectivity index (χ1v) is 10.7. The van der Waals surface area contributed by atoms with Crippen LogP contribution >= 0.6 is 11.6 Å². The van der Waals surface area contributed by atoms with Gasteiger partial charge in [0.15, 0.2) is 0 Å². The van der Waals surface area contributed by atoms with Crippen LogP contribution in [0.15, 0.2) is 65.5 Å². The molecular weight excluding hydrogens is 426 g/mol. The Labute approximate surface area is 191 Å². The van der Waals surface area contributed by atoms with E-state index in [0.29, 0.717) is 41.3 Å². The molecule has 1 aromatic heterocycles. The molecule has 32 heavy (non-hydrogen) atoms. The molecule has 0 aliphatic carbocycles. The highest BCUT2D eigenvalue weighted by atomic mass is 35.5. The van der Waals surface area contributed by atoms with Crippen LogP contribution in [0.5, 0.6) is 11.5 Å². The average Bonchev–Trinajstić information content (AvgIpc) is 2.83. The van der Waals surface area contributed by atoms with Gasteiger partial charge in [0, 0.05) is 28.8 Å². The highest BCUT2D eigenvalue weighted by Gasteiger charge is 2.14. The Morgan fingerprint density at radius 3 is 2.41 bits per heavy atom. The molecule has 0 unspecified atom stereocenters. The third kappa shape index (κ3) is 4.20. The van der Waals surface area contributed by atoms with E-state index >= 15 is 0 Å². The number of hydrogen-bond acceptors (Lipinski definition) is 5. The van der Waals surface area contributed by atoms with E-state index in [9.17, 15) is 4.79 Å². The Morgan fingerprint density at radius 1 is 0.969 bits per heavy atom. The summed E-state index contributed by atoms with van der Waals surface area (Å²) in [7, 11) is 3.26. The van der Waals surface area contributed by atoms with Gasteiger partial charge in [-0.25, -0.2) is 4.98 Å². The zero-order valence-corrected chi connectivity index (χ0v) is 18.7. The maximum atomic E-state index is 13.2. The predicted octanol–water partition coefficient (Wildman–Crippen LogP) is 4.75. The Bertz CT molecular complexity index is 1320. The maximum Gasteiger partial charge on any atom is 0.261 e. The fraction of sp³-hybridized carbons (Fsp3) is 0.200. The normalized spacial score (nSPS) is 11.0. The van der Waals surface area contributed by atoms with E-state index in [0.717, 1.165) is 28.2 Å². The van der Waals surface area contributed by atoms with Crippen molar-refractivity contribution in [1.82, 2.24) is 9.55 Å². The summed E-state index contributed by atoms with van der Waals surface area (Å²) in [4.78, 5) is 18.0. The SMILES string of the molecule is COc1ccc(-c2ccc(-c3nc4ccc(Cl)cc4c(=O)n3CCCN)cc2)c(OC)c1. The smallest absolute Gasteiger partial charge is 0.261 e. The van der Waals surface area contributed by atoms with Gasteiger partial charge in [0.05, 0.1) is 25.1 Å². The van der Waals surface area contributed by atoms with Crippen molar-refractivity contribution in [3.05, 3.63) is 76.0 Å². The second-order valence-corrected chi connectivity index (χ2v) is 7.78. The van der Waals surface area contributed by atoms with Gasteiger partial charge in [-0.15, -0.1) is 0 Å². The lowest BCUT2D eigenvalue weighted by atomic mass is 10.0. The van der Waals surface area contributed by atoms with E-state index in [1.54, 1.807) is 37.0 Å². The van der Waals surface area contributed by atoms with Crippen molar-refractivity contribution >= 4 is 22.5 Å². The molecule has 0 amide bonds. The van der Waals surface area contributed by atoms with Gasteiger partial charge in [0.25, 0.3) is 5.56 Å². The lowest BCUT2D eigenvalue weighted by Gasteiger charge is -2.15. The van der Waals surface area contributed by atoms with E-state index in [1.807, 2.05) is 42.5 Å². The topological polar surface area (TPSA) is 79.4 Å². The zero-order valence-electron chi connectivity index (χ0n) is 18.0. The van der Waals surface area contributed by atoms with E-state index in [1.165, 1.54) is 0 Å². The summed E-state index contributed by atoms with van der Waals surface area (Å²) in [5.41, 5.74) is 8.96. The molecule has 0 atom stereocenters. The summed E-state index contributed by atoms with van der Waals surface area (Å²) in [6.45, 7) is 0.962. The molecule has 7 heteroatoms. The third-order valence-corrected chi connectivity index (χ3v) is 5.60. The lowest BCUT2D eigenvalue weighted by Crippen LogP contribution is -2.24. The number of methoxy groups -OCH3 is 2. The molecule has 1 heterocycles. The first kappa shape index (κ1) is 21.9. The molecular formula is C25H24ClN3O3. The van der Waals surface area contributed by atoms with Crippen molar-refractivity contribution in [2.24, 2.45) is 5.73 Å². The molecule has 0 saturated carbocycles. The monoisotopic (exact) mass is 449 g/mol. The van der Waals surface area contributed by atoms with E-state index in [2.05, 4.69) is 0 Å². The van der Waals surface area contributed by atoms with Crippen LogP contribution in [0.25, 0.3) is 33.4 Å². The van der Waals surface area contributed by atoms with Crippen LogP contribution in [0.2, 0.25) is 5.02 Å². The van der Waals surface area contributed by atoms with Gasteiger partial charge in [-0.1, -0.05) is 35.9 Å². The van der Waals surface area contributed by atoms with Crippen LogP contribution in [0.1, 0.15) is 6.42 Å². The molecule has 6 nitrogen and oxygen atoms in total. The van der Waals surface area contributed by atoms with Crippen molar-refractivity contribution in [1.29, 1.82) is 0 Å². The predicted molar refractivity (Wildman–Crippen MR) is 129 cm³/mol. The van der Waals surface area contributed by atoms with Crippen LogP contribution < -0.4 is 20.8 Å². The summed E-state index contributed by atoms with van der Waals surface area (Å²) in [5.74, 6) is 2.05. The molecule has 0 radical (unpaired) electrons. The van der Waals surface area contributed by atoms with Crippen molar-refractivity contribution < 1.29 is 9.47 Å². The number of fused-ring (bicyclic) bond motifs is 1. The molecule has 164 valence electrons. The lowest BCUT2D eigenvalue weighted by molar-refractivity contribution is 0.395. The molecule has 0 bridgehead atoms. The average molecular weight is 450 g/mol. The van der Waals surface area contributed by atoms with Crippen molar-refractivity contribution in [3.8, 4) is 34.0 Å². The highest BCUT2D eigenvalue weighted by Crippen LogP contribution is 2.34. The van der Waals surface area contributed by atoms with Gasteiger partial charge >= 0.3 is 0 Å². The number of ether oxygens (including phenoxy) is 2. The molecule has 0 aliphatic rings. The van der Waals surface area contributed by atoms with Gasteiger partial charge in [-0.05, 0) is 48.9 Å². The standard InChI is InChI=1S/C25H24ClN3O3/c1-31-19-9-10-20(23(15-19)32-2)16-4-6-17(7-5-16)24-28-22-11-8-18(26)14-21(22)25(30)29(24)13-3-12-27/h4-11,14-15H,3,12-13,27H2,1-2H3. The number of hydrogen-bond donors (Lipinski definition) is 1. The summed E-state index contributed by atoms with van der Waals surface area (Å²) in [6.07, 6.45) is 0.668. The first-order valence-electron chi connectivity index (χ1n) is 10.3. The molecule has 0 saturated heterocycles. The second kappa shape index (κ2) is 9.42. The number of nitrogens with zero attached hydrogens (tertiary/aromatic N) is 2. The van der Waals surface area contributed by atoms with Gasteiger partial charge < -0.3 is 15.2 Å². The molecule has 3 aromatic carbocycles. The second-order valence-electron chi connectivity index (χ2n) is 7.34. The fourth-order valence-corrected chi connectivity index (χ4v) is 3.88. The summed E-state index contributed by atoms with van der Waals surface area (Å²) >= 11 is 6.11. The largest absolute Gasteiger partial charge is 0.497 e. The fourth-order valence-electron chi connectivity index (χ4n) is 3.71. The first-order chi connectivity index (χ1) is 15.5. The summed E-state index contributed by atoms with van der Waals surface area (Å²) < 4.78 is 12.5. The zero-order chi connectivity index (χ0) is 22.7. The summed E-state index contributed by atoms with van der Waals surface area (Å²) in [6, 6.07) is 18.8. The molecule has 0 spiro atoms. The number of nitrogens with two attached hydrogens (primary N) is 1. The van der Waals surface area contributed by atoms with Gasteiger partial charge in [-0.3, -0.25) is 9.36 Å². The molecule has 2 N–H and O–H groups in total. The van der Waals surface area contributed by atoms with Gasteiger partial charge in [0.1, 0.15) is 17.3 Å². The number of benzene rings is 3. The highest BCUT2D eigenvalue weighted by molar-refractivity contribution is 6.31. The van der Waals surface area contributed by atoms with Gasteiger partial charge in [-0.2, -0.15) is 0 Å². The molecule has 0 fully saturated rings. The van der Waals surface area contributed by atoms with E-state index in [4.69, 9.17) is 31.8 Å². The Hall–Kier alpha value is -3.35. The van der Waals surface area contributed by atoms with E-state index < -0.39 is 0 Å². The van der Waals surface area contributed by atoms with Crippen molar-refractivity contribution in [3.63, 3.8) is 0 Å². The Kier molecular flexibility index (Phi) is 6.44. The van der Waals surface area contributed by atoms with Crippen LogP contribution in [-0.4, -0.2) is 30.3 Å². The van der Waals surface area contributed by atoms with Crippen LogP contribution in [-0.2, 0) is 6.54 Å². The minimum absolute atomic E-state index is 0.123. The number of halogens is 1. The van der Waals surface area contributed by atoms with Crippen LogP contribution in [0, 0.1) is 0 Å². The third-order valence-electron chi connectivity index (χ3n) is 5.36. The molecule has 4 rings (SSSR count). The van der Waals surface area contributed by atoms with E-state index in [-0.39, 0.29) is 5.56 Å². The maximum absolute atomic E-state index is 13.2. The Balaban J connectivity index is 1.81. The van der Waals surface area contributed by atoms with Crippen LogP contribution in [0.4, 0.5) is 0 Å². The quantitative estimate of drug-likeness (QED) is 0.440. The number of aromatic nitrogens is 2. The minimum atomic E-state index is -0.123. The molecule has 4 aromatic rings. The van der Waals surface area contributed by atoms with Gasteiger partial charge in [0.2, 0.25) is 0 Å². The molecule has 0 aliphatic heterocycles. The van der Waals surface area contributed by atoms with Crippen molar-refractivity contribution in [2.45, 2.75) is 13.0 Å².